The summed E-state index contributed by atoms with van der Waals surface area (Å²) in [6.45, 7) is 0.744. The number of hydrogen-bond donors (Lipinski definition) is 4. The zero-order valence-electron chi connectivity index (χ0n) is 35.3. The summed E-state index contributed by atoms with van der Waals surface area (Å²) in [4.78, 5) is 28.5. The van der Waals surface area contributed by atoms with Crippen LogP contribution in [0.25, 0.3) is 0 Å². The Morgan fingerprint density at radius 3 is 1.31 bits per heavy atom. The van der Waals surface area contributed by atoms with Crippen molar-refractivity contribution in [1.82, 2.24) is 9.80 Å². The van der Waals surface area contributed by atoms with Crippen molar-refractivity contribution < 1.29 is 49.0 Å². The van der Waals surface area contributed by atoms with E-state index in [9.17, 15) is 30.0 Å². The number of thioether (sulfide) groups is 2. The zero-order valence-corrected chi connectivity index (χ0v) is 36.9. The molecular weight excluding hydrogens is 829 g/mol. The lowest BCUT2D eigenvalue weighted by atomic mass is 9.90. The largest absolute Gasteiger partial charge is 0.497 e. The van der Waals surface area contributed by atoms with Gasteiger partial charge < -0.3 is 49.2 Å². The number of aliphatic hydroxyl groups excluding tert-OH is 2. The molecule has 0 bridgehead atoms. The Balaban J connectivity index is 0.000000186. The Kier molecular flexibility index (Phi) is 15.6. The monoisotopic (exact) mass is 886 g/mol. The lowest BCUT2D eigenvalue weighted by molar-refractivity contribution is -0.293. The van der Waals surface area contributed by atoms with Crippen molar-refractivity contribution in [2.45, 2.75) is 113 Å². The van der Waals surface area contributed by atoms with Crippen LogP contribution < -0.4 is 9.47 Å². The summed E-state index contributed by atoms with van der Waals surface area (Å²) in [5, 5.41) is 43.7. The fraction of sp³-hybridized carbons (Fsp3) is 0.458. The number of carbonyl (C=O) groups is 2. The average Bonchev–Trinajstić information content (AvgIpc) is 3.84. The number of hydrogen-bond acceptors (Lipinski definition) is 12. The molecule has 0 radical (unpaired) electrons. The number of amides is 2. The highest BCUT2D eigenvalue weighted by molar-refractivity contribution is 8.14. The lowest BCUT2D eigenvalue weighted by Gasteiger charge is -2.45. The van der Waals surface area contributed by atoms with Crippen LogP contribution >= 0.6 is 23.5 Å². The summed E-state index contributed by atoms with van der Waals surface area (Å²) in [6.07, 6.45) is 2.35. The Labute approximate surface area is 372 Å². The predicted molar refractivity (Wildman–Crippen MR) is 240 cm³/mol. The van der Waals surface area contributed by atoms with Crippen LogP contribution in [-0.4, -0.2) is 115 Å². The van der Waals surface area contributed by atoms with E-state index in [1.807, 2.05) is 84.9 Å². The minimum atomic E-state index is -1.56. The van der Waals surface area contributed by atoms with Gasteiger partial charge in [-0.05, 0) is 85.0 Å². The van der Waals surface area contributed by atoms with Gasteiger partial charge in [0.15, 0.2) is 11.6 Å². The summed E-state index contributed by atoms with van der Waals surface area (Å²) in [5.74, 6) is -0.759. The smallest absolute Gasteiger partial charge is 0.282 e. The third-order valence-electron chi connectivity index (χ3n) is 12.1. The first-order chi connectivity index (χ1) is 29.9. The molecule has 4 saturated heterocycles. The van der Waals surface area contributed by atoms with E-state index in [4.69, 9.17) is 18.9 Å². The van der Waals surface area contributed by atoms with Crippen molar-refractivity contribution in [1.29, 1.82) is 0 Å². The minimum absolute atomic E-state index is 0.0845. The number of carbonyl (C=O) groups excluding carboxylic acids is 2. The van der Waals surface area contributed by atoms with E-state index in [2.05, 4.69) is 24.3 Å². The number of ether oxygens (including phenoxy) is 4. The number of aryl methyl sites for hydroxylation is 2. The number of aliphatic hydroxyl groups is 4. The molecule has 4 aromatic carbocycles. The Bertz CT molecular complexity index is 1900. The van der Waals surface area contributed by atoms with Gasteiger partial charge in [0.05, 0.1) is 50.7 Å². The molecule has 8 rings (SSSR count). The van der Waals surface area contributed by atoms with Crippen LogP contribution in [0.1, 0.15) is 60.8 Å². The molecule has 332 valence electrons. The van der Waals surface area contributed by atoms with Crippen molar-refractivity contribution in [3.63, 3.8) is 0 Å². The molecule has 8 atom stereocenters. The summed E-state index contributed by atoms with van der Waals surface area (Å²) < 4.78 is 22.7. The van der Waals surface area contributed by atoms with Crippen LogP contribution in [0.4, 0.5) is 9.59 Å². The Hall–Kier alpha value is -4.12. The maximum atomic E-state index is 12.6. The quantitative estimate of drug-likeness (QED) is 0.101. The second kappa shape index (κ2) is 21.0. The molecule has 4 aliphatic rings. The normalized spacial score (nSPS) is 28.7. The second-order valence-corrected chi connectivity index (χ2v) is 18.5. The fourth-order valence-electron chi connectivity index (χ4n) is 8.80. The molecule has 0 spiro atoms. The van der Waals surface area contributed by atoms with Crippen molar-refractivity contribution in [3.05, 3.63) is 131 Å². The second-order valence-electron chi connectivity index (χ2n) is 16.5. The zero-order chi connectivity index (χ0) is 43.7. The molecule has 14 heteroatoms. The molecule has 0 saturated carbocycles. The molecule has 0 aromatic heterocycles. The highest BCUT2D eigenvalue weighted by atomic mass is 32.2. The van der Waals surface area contributed by atoms with Crippen LogP contribution in [0.15, 0.2) is 109 Å². The highest BCUT2D eigenvalue weighted by Crippen LogP contribution is 2.42. The van der Waals surface area contributed by atoms with Gasteiger partial charge in [-0.25, -0.2) is 0 Å². The molecule has 4 N–H and O–H groups in total. The molecule has 2 amide bonds. The number of nitrogens with zero attached hydrogens (tertiary/aromatic N) is 2. The van der Waals surface area contributed by atoms with Gasteiger partial charge >= 0.3 is 0 Å². The van der Waals surface area contributed by atoms with E-state index in [1.54, 1.807) is 24.0 Å². The van der Waals surface area contributed by atoms with E-state index in [1.165, 1.54) is 34.7 Å². The van der Waals surface area contributed by atoms with Gasteiger partial charge in [0, 0.05) is 37.4 Å². The molecule has 4 heterocycles. The van der Waals surface area contributed by atoms with Gasteiger partial charge in [-0.15, -0.1) is 0 Å². The van der Waals surface area contributed by atoms with Crippen LogP contribution in [0.5, 0.6) is 11.5 Å². The van der Waals surface area contributed by atoms with E-state index in [-0.39, 0.29) is 35.5 Å². The van der Waals surface area contributed by atoms with Gasteiger partial charge in [-0.1, -0.05) is 108 Å². The summed E-state index contributed by atoms with van der Waals surface area (Å²) in [7, 11) is 3.22. The highest BCUT2D eigenvalue weighted by Gasteiger charge is 2.53. The molecule has 62 heavy (non-hydrogen) atoms. The first-order valence-electron chi connectivity index (χ1n) is 21.3. The van der Waals surface area contributed by atoms with Crippen molar-refractivity contribution >= 4 is 34.0 Å². The first kappa shape index (κ1) is 45.9. The van der Waals surface area contributed by atoms with Gasteiger partial charge in [-0.2, -0.15) is 0 Å². The van der Waals surface area contributed by atoms with Gasteiger partial charge in [0.25, 0.3) is 10.5 Å². The topological polar surface area (TPSA) is 158 Å². The van der Waals surface area contributed by atoms with Gasteiger partial charge in [0.1, 0.15) is 11.5 Å². The number of methoxy groups -OCH3 is 2. The van der Waals surface area contributed by atoms with Crippen molar-refractivity contribution in [2.75, 3.05) is 25.7 Å². The van der Waals surface area contributed by atoms with Crippen LogP contribution in [0, 0.1) is 0 Å². The van der Waals surface area contributed by atoms with Crippen LogP contribution in [0.2, 0.25) is 0 Å². The first-order valence-corrected chi connectivity index (χ1v) is 23.3. The summed E-state index contributed by atoms with van der Waals surface area (Å²) in [5.41, 5.74) is 4.29. The summed E-state index contributed by atoms with van der Waals surface area (Å²) in [6, 6.07) is 34.3. The van der Waals surface area contributed by atoms with Crippen molar-refractivity contribution in [2.24, 2.45) is 0 Å². The van der Waals surface area contributed by atoms with E-state index >= 15 is 0 Å². The Morgan fingerprint density at radius 2 is 0.952 bits per heavy atom. The van der Waals surface area contributed by atoms with Crippen LogP contribution in [0.3, 0.4) is 0 Å². The lowest BCUT2D eigenvalue weighted by Crippen LogP contribution is -2.59. The molecule has 0 aliphatic carbocycles. The van der Waals surface area contributed by atoms with E-state index < -0.39 is 35.9 Å². The molecule has 12 nitrogen and oxygen atoms in total. The van der Waals surface area contributed by atoms with Crippen molar-refractivity contribution in [3.8, 4) is 11.5 Å². The third-order valence-corrected chi connectivity index (χ3v) is 14.0. The standard InChI is InChI=1S/2C24H29NO5S/c2*1-29-20-10-8-18(9-11-20)15-25-22(16-31-23(25)27)24(28)14-19(26)13-21(30-24)12-7-17-5-3-2-4-6-17/h2*2-6,8-11,19,21-22,26,28H,7,12-16H2,1H3/t19-,21+,22-,24+;19-,21-,22+,24-/m01/s1. The average molecular weight is 887 g/mol. The summed E-state index contributed by atoms with van der Waals surface area (Å²) >= 11 is 2.37. The van der Waals surface area contributed by atoms with E-state index in [0.29, 0.717) is 50.3 Å². The third kappa shape index (κ3) is 11.7. The molecule has 4 aliphatic heterocycles. The minimum Gasteiger partial charge on any atom is -0.497 e. The Morgan fingerprint density at radius 1 is 0.581 bits per heavy atom. The number of rotatable bonds is 14. The fourth-order valence-corrected chi connectivity index (χ4v) is 11.0. The van der Waals surface area contributed by atoms with E-state index in [0.717, 1.165) is 35.5 Å². The predicted octanol–water partition coefficient (Wildman–Crippen LogP) is 7.19. The van der Waals surface area contributed by atoms with Gasteiger partial charge in [0.2, 0.25) is 0 Å². The SMILES string of the molecule is COc1ccc(CN2C(=O)SC[C@H]2[C@@]2(O)C[C@@H](O)C[C@@H](CCc3ccccc3)O2)cc1.COc1ccc(CN2C(=O)SC[C@H]2[C@@]2(O)C[C@H](O)C[C@@H](CCc3ccccc3)O2)cc1. The molecule has 0 unspecified atom stereocenters. The maximum Gasteiger partial charge on any atom is 0.282 e. The number of benzene rings is 4. The molecule has 4 fully saturated rings. The van der Waals surface area contributed by atoms with Crippen LogP contribution in [-0.2, 0) is 35.4 Å². The maximum absolute atomic E-state index is 12.6. The van der Waals surface area contributed by atoms with Gasteiger partial charge in [-0.3, -0.25) is 9.59 Å². The molecular formula is C48H58N2O10S2. The molecule has 4 aromatic rings.